The van der Waals surface area contributed by atoms with Crippen LogP contribution in [0.3, 0.4) is 0 Å². The van der Waals surface area contributed by atoms with E-state index in [1.54, 1.807) is 0 Å². The Bertz CT molecular complexity index is 197. The molecule has 0 spiro atoms. The topological polar surface area (TPSA) is 50.1 Å². The summed E-state index contributed by atoms with van der Waals surface area (Å²) in [5.74, 6) is 0. The summed E-state index contributed by atoms with van der Waals surface area (Å²) >= 11 is 0. The molecule has 1 aromatic rings. The van der Waals surface area contributed by atoms with Crippen molar-refractivity contribution in [1.82, 2.24) is 15.3 Å². The van der Waals surface area contributed by atoms with E-state index < -0.39 is 0 Å². The van der Waals surface area contributed by atoms with Gasteiger partial charge in [-0.1, -0.05) is 0 Å². The largest absolute Gasteiger partial charge is 0.316 e. The molecule has 0 unspecified atom stereocenters. The third-order valence-corrected chi connectivity index (χ3v) is 1.28. The van der Waals surface area contributed by atoms with Gasteiger partial charge in [0.15, 0.2) is 0 Å². The Morgan fingerprint density at radius 2 is 2.60 bits per heavy atom. The van der Waals surface area contributed by atoms with E-state index in [9.17, 15) is 0 Å². The summed E-state index contributed by atoms with van der Waals surface area (Å²) in [5, 5.41) is 12.4. The van der Waals surface area contributed by atoms with E-state index in [0.717, 1.165) is 12.2 Å². The Kier molecular flexibility index (Phi) is 2.42. The minimum atomic E-state index is 0.410. The van der Waals surface area contributed by atoms with E-state index in [0.29, 0.717) is 6.54 Å². The fourth-order valence-electron chi connectivity index (χ4n) is 0.755. The highest BCUT2D eigenvalue weighted by Crippen LogP contribution is 1.93. The van der Waals surface area contributed by atoms with Crippen LogP contribution in [0.25, 0.3) is 0 Å². The maximum atomic E-state index is 8.30. The highest BCUT2D eigenvalue weighted by atomic mass is 16.5. The van der Waals surface area contributed by atoms with Gasteiger partial charge in [-0.15, -0.1) is 0 Å². The number of rotatable bonds is 3. The summed E-state index contributed by atoms with van der Waals surface area (Å²) in [5.41, 5.74) is 2.90. The minimum absolute atomic E-state index is 0.410. The molecule has 2 N–H and O–H groups in total. The lowest BCUT2D eigenvalue weighted by Crippen LogP contribution is -2.07. The average molecular weight is 141 g/mol. The Balaban J connectivity index is 2.59. The van der Waals surface area contributed by atoms with Gasteiger partial charge in [-0.25, -0.2) is 0 Å². The van der Waals surface area contributed by atoms with Crippen LogP contribution >= 0.6 is 0 Å². The monoisotopic (exact) mass is 141 g/mol. The SMILES string of the molecule is CCn1ccc(CNO)n1. The van der Waals surface area contributed by atoms with Gasteiger partial charge >= 0.3 is 0 Å². The maximum Gasteiger partial charge on any atom is 0.0786 e. The maximum absolute atomic E-state index is 8.30. The lowest BCUT2D eigenvalue weighted by atomic mass is 10.4. The third kappa shape index (κ3) is 1.55. The summed E-state index contributed by atoms with van der Waals surface area (Å²) in [6.07, 6.45) is 1.88. The van der Waals surface area contributed by atoms with Crippen molar-refractivity contribution in [1.29, 1.82) is 0 Å². The van der Waals surface area contributed by atoms with Crippen molar-refractivity contribution in [3.05, 3.63) is 18.0 Å². The van der Waals surface area contributed by atoms with Crippen LogP contribution in [0.4, 0.5) is 0 Å². The van der Waals surface area contributed by atoms with Crippen LogP contribution in [0.5, 0.6) is 0 Å². The Labute approximate surface area is 59.4 Å². The molecule has 0 saturated carbocycles. The molecule has 1 aromatic heterocycles. The van der Waals surface area contributed by atoms with E-state index >= 15 is 0 Å². The van der Waals surface area contributed by atoms with Gasteiger partial charge in [-0.3, -0.25) is 4.68 Å². The van der Waals surface area contributed by atoms with E-state index in [-0.39, 0.29) is 0 Å². The molecule has 4 nitrogen and oxygen atoms in total. The fourth-order valence-corrected chi connectivity index (χ4v) is 0.755. The predicted octanol–water partition coefficient (Wildman–Crippen LogP) is 0.382. The van der Waals surface area contributed by atoms with Gasteiger partial charge < -0.3 is 5.21 Å². The molecular weight excluding hydrogens is 130 g/mol. The van der Waals surface area contributed by atoms with Crippen LogP contribution in [-0.2, 0) is 13.1 Å². The van der Waals surface area contributed by atoms with Gasteiger partial charge in [-0.2, -0.15) is 10.6 Å². The summed E-state index contributed by atoms with van der Waals surface area (Å²) in [6, 6.07) is 1.87. The van der Waals surface area contributed by atoms with Crippen molar-refractivity contribution in [3.8, 4) is 0 Å². The van der Waals surface area contributed by atoms with Crippen molar-refractivity contribution in [2.45, 2.75) is 20.0 Å². The van der Waals surface area contributed by atoms with Gasteiger partial charge in [0.25, 0.3) is 0 Å². The molecule has 1 rings (SSSR count). The molecule has 0 aliphatic carbocycles. The first-order valence-electron chi connectivity index (χ1n) is 3.26. The summed E-state index contributed by atoms with van der Waals surface area (Å²) in [7, 11) is 0. The van der Waals surface area contributed by atoms with Crippen LogP contribution in [0, 0.1) is 0 Å². The third-order valence-electron chi connectivity index (χ3n) is 1.28. The average Bonchev–Trinajstić information content (AvgIpc) is 2.37. The Morgan fingerprint density at radius 1 is 1.80 bits per heavy atom. The second-order valence-corrected chi connectivity index (χ2v) is 2.00. The molecule has 0 radical (unpaired) electrons. The molecule has 0 fully saturated rings. The van der Waals surface area contributed by atoms with Gasteiger partial charge in [0, 0.05) is 12.7 Å². The highest BCUT2D eigenvalue weighted by molar-refractivity contribution is 4.97. The minimum Gasteiger partial charge on any atom is -0.316 e. The van der Waals surface area contributed by atoms with Crippen molar-refractivity contribution in [2.75, 3.05) is 0 Å². The molecule has 0 atom stereocenters. The van der Waals surface area contributed by atoms with E-state index in [4.69, 9.17) is 5.21 Å². The van der Waals surface area contributed by atoms with Gasteiger partial charge in [0.05, 0.1) is 12.2 Å². The van der Waals surface area contributed by atoms with Crippen LogP contribution in [-0.4, -0.2) is 15.0 Å². The zero-order valence-corrected chi connectivity index (χ0v) is 5.91. The summed E-state index contributed by atoms with van der Waals surface area (Å²) < 4.78 is 1.81. The normalized spacial score (nSPS) is 10.2. The molecule has 1 heterocycles. The molecule has 0 aromatic carbocycles. The van der Waals surface area contributed by atoms with Crippen LogP contribution < -0.4 is 5.48 Å². The first kappa shape index (κ1) is 7.24. The molecule has 10 heavy (non-hydrogen) atoms. The molecule has 0 aliphatic heterocycles. The fraction of sp³-hybridized carbons (Fsp3) is 0.500. The predicted molar refractivity (Wildman–Crippen MR) is 36.5 cm³/mol. The first-order valence-corrected chi connectivity index (χ1v) is 3.26. The Morgan fingerprint density at radius 3 is 3.10 bits per heavy atom. The second kappa shape index (κ2) is 3.34. The molecule has 0 amide bonds. The molecule has 0 saturated heterocycles. The lowest BCUT2D eigenvalue weighted by molar-refractivity contribution is 0.159. The number of aromatic nitrogens is 2. The quantitative estimate of drug-likeness (QED) is 0.598. The van der Waals surface area contributed by atoms with Crippen LogP contribution in [0.1, 0.15) is 12.6 Å². The van der Waals surface area contributed by atoms with Gasteiger partial charge in [-0.05, 0) is 13.0 Å². The number of hydroxylamine groups is 1. The first-order chi connectivity index (χ1) is 4.86. The summed E-state index contributed by atoms with van der Waals surface area (Å²) in [6.45, 7) is 3.29. The molecule has 0 bridgehead atoms. The van der Waals surface area contributed by atoms with E-state index in [2.05, 4.69) is 5.10 Å². The van der Waals surface area contributed by atoms with Crippen LogP contribution in [0.2, 0.25) is 0 Å². The van der Waals surface area contributed by atoms with Crippen LogP contribution in [0.15, 0.2) is 12.3 Å². The number of hydrogen-bond donors (Lipinski definition) is 2. The Hall–Kier alpha value is -0.870. The molecule has 4 heteroatoms. The zero-order valence-electron chi connectivity index (χ0n) is 5.91. The van der Waals surface area contributed by atoms with Crippen molar-refractivity contribution >= 4 is 0 Å². The van der Waals surface area contributed by atoms with Gasteiger partial charge in [0.2, 0.25) is 0 Å². The zero-order chi connectivity index (χ0) is 7.40. The number of hydrogen-bond acceptors (Lipinski definition) is 3. The number of aryl methyl sites for hydroxylation is 1. The van der Waals surface area contributed by atoms with Crippen molar-refractivity contribution < 1.29 is 5.21 Å². The molecule has 56 valence electrons. The van der Waals surface area contributed by atoms with Crippen molar-refractivity contribution in [3.63, 3.8) is 0 Å². The summed E-state index contributed by atoms with van der Waals surface area (Å²) in [4.78, 5) is 0. The van der Waals surface area contributed by atoms with E-state index in [1.165, 1.54) is 0 Å². The highest BCUT2D eigenvalue weighted by Gasteiger charge is 1.94. The number of nitrogens with zero attached hydrogens (tertiary/aromatic N) is 2. The lowest BCUT2D eigenvalue weighted by Gasteiger charge is -1.92. The van der Waals surface area contributed by atoms with Gasteiger partial charge in [0.1, 0.15) is 0 Å². The van der Waals surface area contributed by atoms with Crippen molar-refractivity contribution in [2.24, 2.45) is 0 Å². The van der Waals surface area contributed by atoms with E-state index in [1.807, 2.05) is 29.3 Å². The number of nitrogens with one attached hydrogen (secondary N) is 1. The smallest absolute Gasteiger partial charge is 0.0786 e. The second-order valence-electron chi connectivity index (χ2n) is 2.00. The molecular formula is C6H11N3O. The standard InChI is InChI=1S/C6H11N3O/c1-2-9-4-3-6(8-9)5-7-10/h3-4,7,10H,2,5H2,1H3. The molecule has 0 aliphatic rings.